The lowest BCUT2D eigenvalue weighted by Crippen LogP contribution is -2.29. The van der Waals surface area contributed by atoms with E-state index in [4.69, 9.17) is 4.74 Å². The van der Waals surface area contributed by atoms with Crippen LogP contribution in [0.1, 0.15) is 26.2 Å². The van der Waals surface area contributed by atoms with Crippen LogP contribution in [0.25, 0.3) is 0 Å². The van der Waals surface area contributed by atoms with Crippen molar-refractivity contribution >= 4 is 6.29 Å². The fourth-order valence-corrected chi connectivity index (χ4v) is 1.76. The van der Waals surface area contributed by atoms with Crippen LogP contribution < -0.4 is 0 Å². The molecular formula is C9H16O2. The Morgan fingerprint density at radius 2 is 2.18 bits per heavy atom. The molecule has 0 radical (unpaired) electrons. The monoisotopic (exact) mass is 156 g/mol. The van der Waals surface area contributed by atoms with Crippen molar-refractivity contribution in [3.8, 4) is 0 Å². The van der Waals surface area contributed by atoms with Gasteiger partial charge in [-0.15, -0.1) is 0 Å². The fourth-order valence-electron chi connectivity index (χ4n) is 1.76. The summed E-state index contributed by atoms with van der Waals surface area (Å²) in [5.41, 5.74) is 0. The largest absolute Gasteiger partial charge is 0.381 e. The van der Waals surface area contributed by atoms with E-state index in [-0.39, 0.29) is 5.92 Å². The molecule has 0 heterocycles. The summed E-state index contributed by atoms with van der Waals surface area (Å²) in [5.74, 6) is 0.868. The van der Waals surface area contributed by atoms with E-state index in [9.17, 15) is 4.79 Å². The molecule has 0 saturated heterocycles. The van der Waals surface area contributed by atoms with Gasteiger partial charge in [0.05, 0.1) is 6.10 Å². The molecule has 0 amide bonds. The van der Waals surface area contributed by atoms with Crippen molar-refractivity contribution in [1.82, 2.24) is 0 Å². The Bertz CT molecular complexity index is 134. The molecule has 0 aliphatic heterocycles. The minimum atomic E-state index is 0.246. The molecule has 64 valence electrons. The smallest absolute Gasteiger partial charge is 0.123 e. The Kier molecular flexibility index (Phi) is 3.06. The maximum atomic E-state index is 10.5. The number of ether oxygens (including phenoxy) is 1. The molecule has 11 heavy (non-hydrogen) atoms. The molecule has 0 aromatic rings. The number of methoxy groups -OCH3 is 1. The van der Waals surface area contributed by atoms with E-state index in [1.54, 1.807) is 7.11 Å². The molecule has 1 rings (SSSR count). The van der Waals surface area contributed by atoms with Gasteiger partial charge in [0, 0.05) is 13.0 Å². The van der Waals surface area contributed by atoms with Crippen LogP contribution in [-0.4, -0.2) is 19.5 Å². The average molecular weight is 156 g/mol. The summed E-state index contributed by atoms with van der Waals surface area (Å²) in [6, 6.07) is 0. The number of carbonyl (C=O) groups excluding carboxylic acids is 1. The zero-order chi connectivity index (χ0) is 8.27. The van der Waals surface area contributed by atoms with Crippen molar-refractivity contribution in [2.45, 2.75) is 32.3 Å². The molecular weight excluding hydrogens is 140 g/mol. The van der Waals surface area contributed by atoms with Gasteiger partial charge < -0.3 is 9.53 Å². The van der Waals surface area contributed by atoms with E-state index in [2.05, 4.69) is 6.92 Å². The second-order valence-electron chi connectivity index (χ2n) is 3.46. The van der Waals surface area contributed by atoms with Gasteiger partial charge in [-0.05, 0) is 25.2 Å². The van der Waals surface area contributed by atoms with E-state index in [0.717, 1.165) is 25.5 Å². The highest BCUT2D eigenvalue weighted by Crippen LogP contribution is 2.29. The molecule has 1 aliphatic carbocycles. The lowest BCUT2D eigenvalue weighted by molar-refractivity contribution is -0.114. The Morgan fingerprint density at radius 1 is 1.45 bits per heavy atom. The number of carbonyl (C=O) groups is 1. The molecule has 0 N–H and O–H groups in total. The average Bonchev–Trinajstić information content (AvgIpc) is 2.05. The standard InChI is InChI=1S/C9H16O2/c1-7-3-4-8(6-10)5-9(7)11-2/h6-9H,3-5H2,1-2H3. The van der Waals surface area contributed by atoms with Gasteiger partial charge in [-0.3, -0.25) is 0 Å². The molecule has 2 nitrogen and oxygen atoms in total. The van der Waals surface area contributed by atoms with E-state index in [1.165, 1.54) is 0 Å². The van der Waals surface area contributed by atoms with E-state index >= 15 is 0 Å². The fraction of sp³-hybridized carbons (Fsp3) is 0.889. The van der Waals surface area contributed by atoms with Crippen molar-refractivity contribution in [1.29, 1.82) is 0 Å². The minimum Gasteiger partial charge on any atom is -0.381 e. The number of hydrogen-bond donors (Lipinski definition) is 0. The minimum absolute atomic E-state index is 0.246. The summed E-state index contributed by atoms with van der Waals surface area (Å²) in [7, 11) is 1.73. The molecule has 3 atom stereocenters. The first-order valence-corrected chi connectivity index (χ1v) is 4.26. The van der Waals surface area contributed by atoms with Crippen LogP contribution >= 0.6 is 0 Å². The molecule has 0 aromatic heterocycles. The van der Waals surface area contributed by atoms with Gasteiger partial charge >= 0.3 is 0 Å². The van der Waals surface area contributed by atoms with Gasteiger partial charge in [0.15, 0.2) is 0 Å². The van der Waals surface area contributed by atoms with Gasteiger partial charge in [-0.2, -0.15) is 0 Å². The molecule has 3 unspecified atom stereocenters. The first kappa shape index (κ1) is 8.72. The number of hydrogen-bond acceptors (Lipinski definition) is 2. The van der Waals surface area contributed by atoms with Gasteiger partial charge in [-0.25, -0.2) is 0 Å². The molecule has 2 heteroatoms. The first-order valence-electron chi connectivity index (χ1n) is 4.26. The van der Waals surface area contributed by atoms with Crippen molar-refractivity contribution < 1.29 is 9.53 Å². The zero-order valence-electron chi connectivity index (χ0n) is 7.25. The van der Waals surface area contributed by atoms with E-state index in [0.29, 0.717) is 12.0 Å². The zero-order valence-corrected chi connectivity index (χ0v) is 7.25. The third-order valence-corrected chi connectivity index (χ3v) is 2.66. The molecule has 1 saturated carbocycles. The van der Waals surface area contributed by atoms with Crippen molar-refractivity contribution in [2.24, 2.45) is 11.8 Å². The lowest BCUT2D eigenvalue weighted by Gasteiger charge is -2.30. The third kappa shape index (κ3) is 2.03. The Balaban J connectivity index is 2.43. The summed E-state index contributed by atoms with van der Waals surface area (Å²) in [6.45, 7) is 2.19. The van der Waals surface area contributed by atoms with E-state index < -0.39 is 0 Å². The lowest BCUT2D eigenvalue weighted by atomic mass is 9.81. The van der Waals surface area contributed by atoms with Crippen molar-refractivity contribution in [3.05, 3.63) is 0 Å². The highest BCUT2D eigenvalue weighted by atomic mass is 16.5. The maximum Gasteiger partial charge on any atom is 0.123 e. The summed E-state index contributed by atoms with van der Waals surface area (Å²) < 4.78 is 5.28. The molecule has 1 aliphatic rings. The van der Waals surface area contributed by atoms with Crippen LogP contribution in [-0.2, 0) is 9.53 Å². The highest BCUT2D eigenvalue weighted by Gasteiger charge is 2.26. The summed E-state index contributed by atoms with van der Waals surface area (Å²) in [4.78, 5) is 10.5. The number of rotatable bonds is 2. The van der Waals surface area contributed by atoms with Crippen LogP contribution in [0.15, 0.2) is 0 Å². The Labute approximate surface area is 67.9 Å². The van der Waals surface area contributed by atoms with E-state index in [1.807, 2.05) is 0 Å². The summed E-state index contributed by atoms with van der Waals surface area (Å²) >= 11 is 0. The summed E-state index contributed by atoms with van der Waals surface area (Å²) in [5, 5.41) is 0. The molecule has 0 bridgehead atoms. The van der Waals surface area contributed by atoms with Crippen LogP contribution in [0, 0.1) is 11.8 Å². The Hall–Kier alpha value is -0.370. The normalized spacial score (nSPS) is 38.5. The van der Waals surface area contributed by atoms with Gasteiger partial charge in [0.1, 0.15) is 6.29 Å². The van der Waals surface area contributed by atoms with Gasteiger partial charge in [0.25, 0.3) is 0 Å². The second-order valence-corrected chi connectivity index (χ2v) is 3.46. The molecule has 0 spiro atoms. The third-order valence-electron chi connectivity index (χ3n) is 2.66. The quantitative estimate of drug-likeness (QED) is 0.568. The van der Waals surface area contributed by atoms with Gasteiger partial charge in [-0.1, -0.05) is 6.92 Å². The second kappa shape index (κ2) is 3.86. The van der Waals surface area contributed by atoms with Crippen LogP contribution in [0.3, 0.4) is 0 Å². The highest BCUT2D eigenvalue weighted by molar-refractivity contribution is 5.53. The Morgan fingerprint density at radius 3 is 2.73 bits per heavy atom. The van der Waals surface area contributed by atoms with Crippen LogP contribution in [0.5, 0.6) is 0 Å². The molecule has 0 aromatic carbocycles. The van der Waals surface area contributed by atoms with Crippen LogP contribution in [0.4, 0.5) is 0 Å². The summed E-state index contributed by atoms with van der Waals surface area (Å²) in [6.07, 6.45) is 4.46. The van der Waals surface area contributed by atoms with Crippen LogP contribution in [0.2, 0.25) is 0 Å². The predicted molar refractivity (Wildman–Crippen MR) is 43.4 cm³/mol. The topological polar surface area (TPSA) is 26.3 Å². The van der Waals surface area contributed by atoms with Crippen molar-refractivity contribution in [3.63, 3.8) is 0 Å². The van der Waals surface area contributed by atoms with Crippen molar-refractivity contribution in [2.75, 3.05) is 7.11 Å². The maximum absolute atomic E-state index is 10.5. The molecule has 1 fully saturated rings. The predicted octanol–water partition coefficient (Wildman–Crippen LogP) is 1.64. The van der Waals surface area contributed by atoms with Gasteiger partial charge in [0.2, 0.25) is 0 Å². The number of aldehydes is 1. The SMILES string of the molecule is COC1CC(C=O)CCC1C. The first-order chi connectivity index (χ1) is 5.27.